The highest BCUT2D eigenvalue weighted by Gasteiger charge is 2.21. The van der Waals surface area contributed by atoms with Crippen LogP contribution in [0.25, 0.3) is 21.5 Å². The van der Waals surface area contributed by atoms with Crippen LogP contribution in [0.5, 0.6) is 23.0 Å². The zero-order chi connectivity index (χ0) is 23.3. The van der Waals surface area contributed by atoms with E-state index in [0.717, 1.165) is 0 Å². The van der Waals surface area contributed by atoms with Crippen LogP contribution in [0.3, 0.4) is 0 Å². The fraction of sp³-hybridized carbons (Fsp3) is 0. The third kappa shape index (κ3) is 4.38. The van der Waals surface area contributed by atoms with Crippen molar-refractivity contribution in [3.8, 4) is 23.0 Å². The van der Waals surface area contributed by atoms with Gasteiger partial charge in [-0.25, -0.2) is 9.59 Å². The van der Waals surface area contributed by atoms with Gasteiger partial charge in [-0.1, -0.05) is 84.9 Å². The van der Waals surface area contributed by atoms with Crippen LogP contribution < -0.4 is 18.9 Å². The number of carbonyl (C=O) groups is 2. The van der Waals surface area contributed by atoms with Crippen molar-refractivity contribution in [3.63, 3.8) is 0 Å². The Balaban J connectivity index is 1.54. The van der Waals surface area contributed by atoms with Gasteiger partial charge in [-0.2, -0.15) is 0 Å². The van der Waals surface area contributed by atoms with Crippen molar-refractivity contribution in [2.75, 3.05) is 0 Å². The predicted octanol–water partition coefficient (Wildman–Crippen LogP) is 7.15. The Morgan fingerprint density at radius 1 is 0.382 bits per heavy atom. The first-order chi connectivity index (χ1) is 16.7. The molecule has 0 N–H and O–H groups in total. The summed E-state index contributed by atoms with van der Waals surface area (Å²) in [4.78, 5) is 25.2. The summed E-state index contributed by atoms with van der Waals surface area (Å²) in [6, 6.07) is 31.6. The SMILES string of the molecule is O=C(Oc1ccccc1)Oc1c2ccccc2c(OC(=O)Oc2ccccc2)c2ccccc12. The summed E-state index contributed by atoms with van der Waals surface area (Å²) >= 11 is 0. The maximum atomic E-state index is 12.6. The lowest BCUT2D eigenvalue weighted by Gasteiger charge is -2.16. The maximum Gasteiger partial charge on any atom is 0.519 e. The first-order valence-electron chi connectivity index (χ1n) is 10.5. The molecule has 0 amide bonds. The van der Waals surface area contributed by atoms with Crippen molar-refractivity contribution < 1.29 is 28.5 Å². The third-order valence-corrected chi connectivity index (χ3v) is 5.09. The quantitative estimate of drug-likeness (QED) is 0.164. The molecule has 0 bridgehead atoms. The first kappa shape index (κ1) is 21.0. The summed E-state index contributed by atoms with van der Waals surface area (Å²) in [5.74, 6) is 1.33. The minimum atomic E-state index is -0.876. The van der Waals surface area contributed by atoms with Crippen molar-refractivity contribution in [1.82, 2.24) is 0 Å². The number of hydrogen-bond acceptors (Lipinski definition) is 6. The zero-order valence-corrected chi connectivity index (χ0v) is 17.8. The summed E-state index contributed by atoms with van der Waals surface area (Å²) in [7, 11) is 0. The molecule has 0 unspecified atom stereocenters. The predicted molar refractivity (Wildman–Crippen MR) is 128 cm³/mol. The number of fused-ring (bicyclic) bond motifs is 2. The van der Waals surface area contributed by atoms with Crippen molar-refractivity contribution >= 4 is 33.9 Å². The number of ether oxygens (including phenoxy) is 4. The topological polar surface area (TPSA) is 71.1 Å². The average molecular weight is 450 g/mol. The second-order valence-electron chi connectivity index (χ2n) is 7.28. The molecule has 0 aliphatic heterocycles. The Bertz CT molecular complexity index is 1310. The van der Waals surface area contributed by atoms with Crippen molar-refractivity contribution in [2.45, 2.75) is 0 Å². The molecule has 0 aliphatic rings. The van der Waals surface area contributed by atoms with Gasteiger partial charge in [0.15, 0.2) is 0 Å². The summed E-state index contributed by atoms with van der Waals surface area (Å²) in [5.41, 5.74) is 0. The molecular weight excluding hydrogens is 432 g/mol. The van der Waals surface area contributed by atoms with Gasteiger partial charge in [-0.05, 0) is 24.3 Å². The Morgan fingerprint density at radius 2 is 0.676 bits per heavy atom. The molecule has 5 rings (SSSR count). The molecule has 0 aromatic heterocycles. The molecule has 34 heavy (non-hydrogen) atoms. The molecule has 0 spiro atoms. The van der Waals surface area contributed by atoms with Crippen LogP contribution in [0.2, 0.25) is 0 Å². The van der Waals surface area contributed by atoms with Crippen LogP contribution in [0.4, 0.5) is 9.59 Å². The van der Waals surface area contributed by atoms with Crippen molar-refractivity contribution in [2.24, 2.45) is 0 Å². The van der Waals surface area contributed by atoms with Gasteiger partial charge in [0, 0.05) is 21.5 Å². The van der Waals surface area contributed by atoms with Crippen LogP contribution >= 0.6 is 0 Å². The lowest BCUT2D eigenvalue weighted by Crippen LogP contribution is -2.16. The molecule has 166 valence electrons. The highest BCUT2D eigenvalue weighted by molar-refractivity contribution is 6.12. The number of benzene rings is 5. The molecule has 0 radical (unpaired) electrons. The highest BCUT2D eigenvalue weighted by Crippen LogP contribution is 2.43. The molecule has 0 fully saturated rings. The van der Waals surface area contributed by atoms with Crippen LogP contribution in [-0.4, -0.2) is 12.3 Å². The largest absolute Gasteiger partial charge is 0.519 e. The van der Waals surface area contributed by atoms with Gasteiger partial charge in [0.05, 0.1) is 0 Å². The smallest absolute Gasteiger partial charge is 0.395 e. The van der Waals surface area contributed by atoms with E-state index < -0.39 is 12.3 Å². The average Bonchev–Trinajstić information content (AvgIpc) is 2.87. The molecule has 6 heteroatoms. The van der Waals surface area contributed by atoms with Crippen molar-refractivity contribution in [3.05, 3.63) is 109 Å². The molecule has 0 atom stereocenters. The number of hydrogen-bond donors (Lipinski definition) is 0. The standard InChI is InChI=1S/C28H18O6/c29-27(31-19-11-3-1-4-12-19)33-25-21-15-7-9-17-23(21)26(24-18-10-8-16-22(24)25)34-28(30)32-20-13-5-2-6-14-20/h1-18H. The molecule has 0 aliphatic carbocycles. The van der Waals surface area contributed by atoms with Crippen LogP contribution in [0.1, 0.15) is 0 Å². The minimum absolute atomic E-state index is 0.302. The van der Waals surface area contributed by atoms with E-state index in [0.29, 0.717) is 44.5 Å². The normalized spacial score (nSPS) is 10.6. The molecule has 5 aromatic carbocycles. The fourth-order valence-corrected chi connectivity index (χ4v) is 3.65. The van der Waals surface area contributed by atoms with Crippen LogP contribution in [-0.2, 0) is 0 Å². The Morgan fingerprint density at radius 3 is 1.00 bits per heavy atom. The Hall–Kier alpha value is -4.84. The van der Waals surface area contributed by atoms with E-state index in [1.54, 1.807) is 97.1 Å². The lowest BCUT2D eigenvalue weighted by molar-refractivity contribution is 0.151. The molecule has 0 saturated heterocycles. The van der Waals surface area contributed by atoms with Gasteiger partial charge in [-0.3, -0.25) is 0 Å². The van der Waals surface area contributed by atoms with Crippen molar-refractivity contribution in [1.29, 1.82) is 0 Å². The second kappa shape index (κ2) is 9.34. The van der Waals surface area contributed by atoms with E-state index in [-0.39, 0.29) is 0 Å². The summed E-state index contributed by atoms with van der Waals surface area (Å²) < 4.78 is 22.0. The summed E-state index contributed by atoms with van der Waals surface area (Å²) in [5, 5.41) is 2.31. The minimum Gasteiger partial charge on any atom is -0.395 e. The van der Waals surface area contributed by atoms with E-state index in [9.17, 15) is 9.59 Å². The summed E-state index contributed by atoms with van der Waals surface area (Å²) in [6.07, 6.45) is -1.75. The van der Waals surface area contributed by atoms with Crippen LogP contribution in [0, 0.1) is 0 Å². The summed E-state index contributed by atoms with van der Waals surface area (Å²) in [6.45, 7) is 0. The van der Waals surface area contributed by atoms with Gasteiger partial charge in [0.1, 0.15) is 23.0 Å². The van der Waals surface area contributed by atoms with E-state index in [2.05, 4.69) is 0 Å². The molecule has 0 heterocycles. The van der Waals surface area contributed by atoms with Gasteiger partial charge in [0.2, 0.25) is 0 Å². The number of rotatable bonds is 4. The number of carbonyl (C=O) groups excluding carboxylic acids is 2. The molecular formula is C28H18O6. The monoisotopic (exact) mass is 450 g/mol. The lowest BCUT2D eigenvalue weighted by atomic mass is 10.0. The van der Waals surface area contributed by atoms with Gasteiger partial charge in [-0.15, -0.1) is 0 Å². The Labute approximate surface area is 194 Å². The van der Waals surface area contributed by atoms with Gasteiger partial charge < -0.3 is 18.9 Å². The van der Waals surface area contributed by atoms with Gasteiger partial charge in [0.25, 0.3) is 0 Å². The van der Waals surface area contributed by atoms with E-state index >= 15 is 0 Å². The Kier molecular flexibility index (Phi) is 5.78. The van der Waals surface area contributed by atoms with E-state index in [1.165, 1.54) is 0 Å². The molecule has 5 aromatic rings. The van der Waals surface area contributed by atoms with E-state index in [1.807, 2.05) is 12.1 Å². The van der Waals surface area contributed by atoms with Crippen LogP contribution in [0.15, 0.2) is 109 Å². The maximum absolute atomic E-state index is 12.6. The molecule has 0 saturated carbocycles. The molecule has 6 nitrogen and oxygen atoms in total. The van der Waals surface area contributed by atoms with E-state index in [4.69, 9.17) is 18.9 Å². The van der Waals surface area contributed by atoms with Gasteiger partial charge >= 0.3 is 12.3 Å². The highest BCUT2D eigenvalue weighted by atomic mass is 16.7. The number of para-hydroxylation sites is 2. The third-order valence-electron chi connectivity index (χ3n) is 5.09. The zero-order valence-electron chi connectivity index (χ0n) is 17.8. The second-order valence-corrected chi connectivity index (χ2v) is 7.28. The fourth-order valence-electron chi connectivity index (χ4n) is 3.65. The first-order valence-corrected chi connectivity index (χ1v) is 10.5.